The maximum atomic E-state index is 5.96. The molecule has 1 aliphatic heterocycles. The number of nitrogens with one attached hydrogen (secondary N) is 1. The molecule has 5 heteroatoms. The van der Waals surface area contributed by atoms with Gasteiger partial charge in [0.15, 0.2) is 0 Å². The van der Waals surface area contributed by atoms with Crippen molar-refractivity contribution in [2.45, 2.75) is 39.3 Å². The van der Waals surface area contributed by atoms with Crippen molar-refractivity contribution in [3.8, 4) is 5.69 Å². The highest BCUT2D eigenvalue weighted by molar-refractivity contribution is 6.30. The van der Waals surface area contributed by atoms with Crippen molar-refractivity contribution >= 4 is 11.6 Å². The van der Waals surface area contributed by atoms with Gasteiger partial charge >= 0.3 is 0 Å². The summed E-state index contributed by atoms with van der Waals surface area (Å²) in [4.78, 5) is 0. The number of halogens is 1. The lowest BCUT2D eigenvalue weighted by Gasteiger charge is -2.23. The van der Waals surface area contributed by atoms with E-state index >= 15 is 0 Å². The van der Waals surface area contributed by atoms with Crippen LogP contribution in [0.3, 0.4) is 0 Å². The molecule has 0 aliphatic carbocycles. The predicted octanol–water partition coefficient (Wildman–Crippen LogP) is 3.41. The second-order valence-electron chi connectivity index (χ2n) is 5.83. The molecule has 2 aromatic rings. The fourth-order valence-corrected chi connectivity index (χ4v) is 3.04. The van der Waals surface area contributed by atoms with Crippen LogP contribution in [0.2, 0.25) is 5.02 Å². The molecule has 1 saturated heterocycles. The highest BCUT2D eigenvalue weighted by Gasteiger charge is 2.17. The van der Waals surface area contributed by atoms with Gasteiger partial charge < -0.3 is 10.1 Å². The number of ether oxygens (including phenoxy) is 1. The normalized spacial score (nSPS) is 18.6. The van der Waals surface area contributed by atoms with Crippen LogP contribution in [0, 0.1) is 13.8 Å². The SMILES string of the molecule is Cc1nn(-c2ccc(Cl)cc2)c(C)c1CNC1CCCOC1. The first kappa shape index (κ1) is 15.5. The largest absolute Gasteiger partial charge is 0.380 e. The van der Waals surface area contributed by atoms with E-state index in [-0.39, 0.29) is 0 Å². The fraction of sp³-hybridized carbons (Fsp3) is 0.471. The van der Waals surface area contributed by atoms with Crippen LogP contribution in [-0.4, -0.2) is 29.0 Å². The van der Waals surface area contributed by atoms with Crippen molar-refractivity contribution in [2.75, 3.05) is 13.2 Å². The van der Waals surface area contributed by atoms with E-state index in [9.17, 15) is 0 Å². The highest BCUT2D eigenvalue weighted by atomic mass is 35.5. The van der Waals surface area contributed by atoms with E-state index in [4.69, 9.17) is 16.3 Å². The van der Waals surface area contributed by atoms with Crippen LogP contribution in [0.15, 0.2) is 24.3 Å². The molecular weight excluding hydrogens is 298 g/mol. The molecule has 1 aliphatic rings. The van der Waals surface area contributed by atoms with Gasteiger partial charge in [-0.15, -0.1) is 0 Å². The lowest BCUT2D eigenvalue weighted by Crippen LogP contribution is -2.36. The smallest absolute Gasteiger partial charge is 0.0649 e. The van der Waals surface area contributed by atoms with E-state index in [1.165, 1.54) is 17.7 Å². The zero-order valence-corrected chi connectivity index (χ0v) is 13.9. The summed E-state index contributed by atoms with van der Waals surface area (Å²) in [6.45, 7) is 6.71. The van der Waals surface area contributed by atoms with E-state index in [1.807, 2.05) is 28.9 Å². The Morgan fingerprint density at radius 3 is 2.77 bits per heavy atom. The summed E-state index contributed by atoms with van der Waals surface area (Å²) in [5.41, 5.74) is 4.54. The van der Waals surface area contributed by atoms with Gasteiger partial charge in [0.2, 0.25) is 0 Å². The standard InChI is InChI=1S/C17H22ClN3O/c1-12-17(10-19-15-4-3-9-22-11-15)13(2)21(20-12)16-7-5-14(18)6-8-16/h5-8,15,19H,3-4,9-11H2,1-2H3. The Hall–Kier alpha value is -1.36. The second kappa shape index (κ2) is 6.82. The Kier molecular flexibility index (Phi) is 4.81. The van der Waals surface area contributed by atoms with E-state index in [0.717, 1.165) is 42.6 Å². The zero-order chi connectivity index (χ0) is 15.5. The Morgan fingerprint density at radius 1 is 1.32 bits per heavy atom. The van der Waals surface area contributed by atoms with Crippen LogP contribution in [0.25, 0.3) is 5.69 Å². The Labute approximate surface area is 136 Å². The van der Waals surface area contributed by atoms with Gasteiger partial charge in [-0.05, 0) is 51.0 Å². The molecule has 0 radical (unpaired) electrons. The maximum absolute atomic E-state index is 5.96. The van der Waals surface area contributed by atoms with Crippen molar-refractivity contribution in [3.05, 3.63) is 46.2 Å². The number of benzene rings is 1. The third kappa shape index (κ3) is 3.35. The fourth-order valence-electron chi connectivity index (χ4n) is 2.91. The third-order valence-corrected chi connectivity index (χ3v) is 4.49. The van der Waals surface area contributed by atoms with Crippen molar-refractivity contribution in [3.63, 3.8) is 0 Å². The van der Waals surface area contributed by atoms with E-state index < -0.39 is 0 Å². The average molecular weight is 320 g/mol. The Bertz CT molecular complexity index is 630. The molecule has 1 atom stereocenters. The molecule has 0 saturated carbocycles. The summed E-state index contributed by atoms with van der Waals surface area (Å²) in [7, 11) is 0. The minimum absolute atomic E-state index is 0.450. The molecule has 0 spiro atoms. The van der Waals surface area contributed by atoms with Gasteiger partial charge in [-0.1, -0.05) is 11.6 Å². The van der Waals surface area contributed by atoms with Gasteiger partial charge in [0, 0.05) is 35.5 Å². The topological polar surface area (TPSA) is 39.1 Å². The summed E-state index contributed by atoms with van der Waals surface area (Å²) < 4.78 is 7.51. The van der Waals surface area contributed by atoms with Gasteiger partial charge in [-0.3, -0.25) is 0 Å². The molecule has 118 valence electrons. The molecule has 1 unspecified atom stereocenters. The van der Waals surface area contributed by atoms with Crippen molar-refractivity contribution in [2.24, 2.45) is 0 Å². The summed E-state index contributed by atoms with van der Waals surface area (Å²) in [6, 6.07) is 8.23. The molecule has 1 aromatic carbocycles. The lowest BCUT2D eigenvalue weighted by atomic mass is 10.1. The minimum atomic E-state index is 0.450. The van der Waals surface area contributed by atoms with Crippen LogP contribution in [-0.2, 0) is 11.3 Å². The third-order valence-electron chi connectivity index (χ3n) is 4.24. The van der Waals surface area contributed by atoms with E-state index in [1.54, 1.807) is 0 Å². The number of aromatic nitrogens is 2. The summed E-state index contributed by atoms with van der Waals surface area (Å²) >= 11 is 5.96. The molecule has 1 N–H and O–H groups in total. The maximum Gasteiger partial charge on any atom is 0.0649 e. The molecule has 3 rings (SSSR count). The zero-order valence-electron chi connectivity index (χ0n) is 13.1. The number of hydrogen-bond donors (Lipinski definition) is 1. The monoisotopic (exact) mass is 319 g/mol. The number of rotatable bonds is 4. The number of hydrogen-bond acceptors (Lipinski definition) is 3. The van der Waals surface area contributed by atoms with Crippen molar-refractivity contribution in [1.29, 1.82) is 0 Å². The van der Waals surface area contributed by atoms with Crippen molar-refractivity contribution < 1.29 is 4.74 Å². The van der Waals surface area contributed by atoms with Crippen LogP contribution >= 0.6 is 11.6 Å². The molecule has 0 bridgehead atoms. The summed E-state index contributed by atoms with van der Waals surface area (Å²) in [5.74, 6) is 0. The highest BCUT2D eigenvalue weighted by Crippen LogP contribution is 2.20. The van der Waals surface area contributed by atoms with Gasteiger partial charge in [0.1, 0.15) is 0 Å². The Morgan fingerprint density at radius 2 is 2.09 bits per heavy atom. The molecule has 1 aromatic heterocycles. The number of nitrogens with zero attached hydrogens (tertiary/aromatic N) is 2. The molecule has 4 nitrogen and oxygen atoms in total. The van der Waals surface area contributed by atoms with Gasteiger partial charge in [0.05, 0.1) is 18.0 Å². The minimum Gasteiger partial charge on any atom is -0.380 e. The lowest BCUT2D eigenvalue weighted by molar-refractivity contribution is 0.0699. The van der Waals surface area contributed by atoms with Crippen LogP contribution in [0.1, 0.15) is 29.8 Å². The van der Waals surface area contributed by atoms with E-state index in [2.05, 4.69) is 24.3 Å². The van der Waals surface area contributed by atoms with Gasteiger partial charge in [-0.2, -0.15) is 5.10 Å². The van der Waals surface area contributed by atoms with Gasteiger partial charge in [0.25, 0.3) is 0 Å². The first-order chi connectivity index (χ1) is 10.6. The van der Waals surface area contributed by atoms with E-state index in [0.29, 0.717) is 6.04 Å². The second-order valence-corrected chi connectivity index (χ2v) is 6.27. The quantitative estimate of drug-likeness (QED) is 0.938. The average Bonchev–Trinajstić information content (AvgIpc) is 2.82. The van der Waals surface area contributed by atoms with Crippen LogP contribution in [0.5, 0.6) is 0 Å². The molecule has 22 heavy (non-hydrogen) atoms. The summed E-state index contributed by atoms with van der Waals surface area (Å²) in [6.07, 6.45) is 2.32. The Balaban J connectivity index is 1.76. The van der Waals surface area contributed by atoms with Crippen LogP contribution < -0.4 is 5.32 Å². The predicted molar refractivity (Wildman–Crippen MR) is 88.7 cm³/mol. The molecule has 2 heterocycles. The number of aryl methyl sites for hydroxylation is 1. The summed E-state index contributed by atoms with van der Waals surface area (Å²) in [5, 5.41) is 9.01. The van der Waals surface area contributed by atoms with Crippen molar-refractivity contribution in [1.82, 2.24) is 15.1 Å². The first-order valence-corrected chi connectivity index (χ1v) is 8.15. The molecule has 1 fully saturated rings. The molecular formula is C17H22ClN3O. The van der Waals surface area contributed by atoms with Crippen LogP contribution in [0.4, 0.5) is 0 Å². The van der Waals surface area contributed by atoms with Gasteiger partial charge in [-0.25, -0.2) is 4.68 Å². The molecule has 0 amide bonds. The first-order valence-electron chi connectivity index (χ1n) is 7.77.